The number of ether oxygens (including phenoxy) is 2. The largest absolute Gasteiger partial charge is 0.493 e. The zero-order chi connectivity index (χ0) is 18.6. The maximum absolute atomic E-state index is 5.75. The van der Waals surface area contributed by atoms with Crippen LogP contribution in [0, 0.1) is 0 Å². The second kappa shape index (κ2) is 11.8. The first kappa shape index (κ1) is 20.5. The molecule has 0 spiro atoms. The first-order chi connectivity index (χ1) is 12.7. The SMILES string of the molecule is CN=C(NCCN1CCCCC1C)Nc1cccc(OCCCOC)c1. The van der Waals surface area contributed by atoms with Gasteiger partial charge in [-0.2, -0.15) is 0 Å². The van der Waals surface area contributed by atoms with Crippen LogP contribution in [-0.2, 0) is 4.74 Å². The van der Waals surface area contributed by atoms with Gasteiger partial charge in [0.2, 0.25) is 0 Å². The molecule has 0 aliphatic carbocycles. The minimum Gasteiger partial charge on any atom is -0.493 e. The Morgan fingerprint density at radius 1 is 1.31 bits per heavy atom. The minimum atomic E-state index is 0.651. The van der Waals surface area contributed by atoms with Crippen LogP contribution in [-0.4, -0.2) is 63.9 Å². The van der Waals surface area contributed by atoms with Crippen LogP contribution in [0.3, 0.4) is 0 Å². The lowest BCUT2D eigenvalue weighted by Crippen LogP contribution is -2.43. The number of guanidine groups is 1. The summed E-state index contributed by atoms with van der Waals surface area (Å²) in [5.74, 6) is 1.63. The van der Waals surface area contributed by atoms with Gasteiger partial charge in [0.05, 0.1) is 6.61 Å². The van der Waals surface area contributed by atoms with Crippen LogP contribution in [0.5, 0.6) is 5.75 Å². The van der Waals surface area contributed by atoms with Crippen molar-refractivity contribution in [2.45, 2.75) is 38.6 Å². The zero-order valence-electron chi connectivity index (χ0n) is 16.5. The molecule has 6 nitrogen and oxygen atoms in total. The Labute approximate surface area is 158 Å². The Hall–Kier alpha value is -1.79. The van der Waals surface area contributed by atoms with E-state index in [4.69, 9.17) is 9.47 Å². The number of likely N-dealkylation sites (tertiary alicyclic amines) is 1. The van der Waals surface area contributed by atoms with Crippen LogP contribution in [0.4, 0.5) is 5.69 Å². The predicted octanol–water partition coefficient (Wildman–Crippen LogP) is 2.96. The molecule has 1 saturated heterocycles. The number of piperidine rings is 1. The average molecular weight is 363 g/mol. The van der Waals surface area contributed by atoms with Crippen LogP contribution in [0.15, 0.2) is 29.3 Å². The highest BCUT2D eigenvalue weighted by Crippen LogP contribution is 2.18. The van der Waals surface area contributed by atoms with Gasteiger partial charge in [0.25, 0.3) is 0 Å². The Kier molecular flexibility index (Phi) is 9.28. The summed E-state index contributed by atoms with van der Waals surface area (Å²) in [6.45, 7) is 6.83. The first-order valence-corrected chi connectivity index (χ1v) is 9.66. The van der Waals surface area contributed by atoms with Gasteiger partial charge < -0.3 is 20.1 Å². The molecule has 1 unspecified atom stereocenters. The van der Waals surface area contributed by atoms with Crippen molar-refractivity contribution in [1.29, 1.82) is 0 Å². The van der Waals surface area contributed by atoms with E-state index >= 15 is 0 Å². The summed E-state index contributed by atoms with van der Waals surface area (Å²) in [6, 6.07) is 8.64. The minimum absolute atomic E-state index is 0.651. The fourth-order valence-electron chi connectivity index (χ4n) is 3.18. The molecule has 1 aromatic rings. The average Bonchev–Trinajstić information content (AvgIpc) is 2.66. The first-order valence-electron chi connectivity index (χ1n) is 9.66. The van der Waals surface area contributed by atoms with E-state index in [1.54, 1.807) is 14.2 Å². The molecule has 0 radical (unpaired) electrons. The van der Waals surface area contributed by atoms with Gasteiger partial charge in [-0.25, -0.2) is 0 Å². The summed E-state index contributed by atoms with van der Waals surface area (Å²) in [4.78, 5) is 6.87. The molecule has 2 rings (SSSR count). The number of hydrogen-bond donors (Lipinski definition) is 2. The summed E-state index contributed by atoms with van der Waals surface area (Å²) in [5.41, 5.74) is 0.966. The number of aliphatic imine (C=N–C) groups is 1. The van der Waals surface area contributed by atoms with E-state index in [2.05, 4.69) is 27.4 Å². The molecule has 2 N–H and O–H groups in total. The van der Waals surface area contributed by atoms with Gasteiger partial charge in [-0.05, 0) is 38.4 Å². The van der Waals surface area contributed by atoms with Crippen molar-refractivity contribution in [3.63, 3.8) is 0 Å². The van der Waals surface area contributed by atoms with E-state index in [1.807, 2.05) is 24.3 Å². The second-order valence-corrected chi connectivity index (χ2v) is 6.73. The van der Waals surface area contributed by atoms with Crippen LogP contribution in [0.2, 0.25) is 0 Å². The molecule has 1 aliphatic heterocycles. The van der Waals surface area contributed by atoms with Gasteiger partial charge in [-0.15, -0.1) is 0 Å². The lowest BCUT2D eigenvalue weighted by atomic mass is 10.0. The van der Waals surface area contributed by atoms with Crippen molar-refractivity contribution >= 4 is 11.6 Å². The van der Waals surface area contributed by atoms with E-state index in [1.165, 1.54) is 25.8 Å². The number of hydrogen-bond acceptors (Lipinski definition) is 4. The molecule has 1 fully saturated rings. The summed E-state index contributed by atoms with van der Waals surface area (Å²) in [5, 5.41) is 6.74. The third-order valence-electron chi connectivity index (χ3n) is 4.71. The standard InChI is InChI=1S/C20H34N4O2/c1-17-8-4-5-12-24(17)13-11-22-20(21-2)23-18-9-6-10-19(16-18)26-15-7-14-25-3/h6,9-10,16-17H,4-5,7-8,11-15H2,1-3H3,(H2,21,22,23). The van der Waals surface area contributed by atoms with Crippen molar-refractivity contribution in [3.8, 4) is 5.75 Å². The van der Waals surface area contributed by atoms with E-state index in [-0.39, 0.29) is 0 Å². The van der Waals surface area contributed by atoms with Crippen LogP contribution in [0.25, 0.3) is 0 Å². The molecule has 1 heterocycles. The van der Waals surface area contributed by atoms with Crippen LogP contribution in [0.1, 0.15) is 32.6 Å². The van der Waals surface area contributed by atoms with Gasteiger partial charge in [-0.1, -0.05) is 12.5 Å². The summed E-state index contributed by atoms with van der Waals surface area (Å²) < 4.78 is 10.8. The maximum atomic E-state index is 5.75. The highest BCUT2D eigenvalue weighted by molar-refractivity contribution is 5.93. The third-order valence-corrected chi connectivity index (χ3v) is 4.71. The fourth-order valence-corrected chi connectivity index (χ4v) is 3.18. The molecule has 6 heteroatoms. The summed E-state index contributed by atoms with van der Waals surface area (Å²) >= 11 is 0. The molecule has 1 aliphatic rings. The Morgan fingerprint density at radius 2 is 2.19 bits per heavy atom. The van der Waals surface area contributed by atoms with Crippen molar-refractivity contribution < 1.29 is 9.47 Å². The fraction of sp³-hybridized carbons (Fsp3) is 0.650. The zero-order valence-corrected chi connectivity index (χ0v) is 16.5. The molecular weight excluding hydrogens is 328 g/mol. The second-order valence-electron chi connectivity index (χ2n) is 6.73. The van der Waals surface area contributed by atoms with Gasteiger partial charge >= 0.3 is 0 Å². The summed E-state index contributed by atoms with van der Waals surface area (Å²) in [6.07, 6.45) is 4.86. The molecular formula is C20H34N4O2. The Morgan fingerprint density at radius 3 is 2.96 bits per heavy atom. The number of benzene rings is 1. The van der Waals surface area contributed by atoms with E-state index < -0.39 is 0 Å². The number of nitrogens with one attached hydrogen (secondary N) is 2. The van der Waals surface area contributed by atoms with Gasteiger partial charge in [0.15, 0.2) is 5.96 Å². The molecule has 0 aromatic heterocycles. The number of nitrogens with zero attached hydrogens (tertiary/aromatic N) is 2. The van der Waals surface area contributed by atoms with Crippen LogP contribution >= 0.6 is 0 Å². The molecule has 0 bridgehead atoms. The maximum Gasteiger partial charge on any atom is 0.195 e. The summed E-state index contributed by atoms with van der Waals surface area (Å²) in [7, 11) is 3.50. The quantitative estimate of drug-likeness (QED) is 0.402. The third kappa shape index (κ3) is 7.22. The lowest BCUT2D eigenvalue weighted by molar-refractivity contribution is 0.164. The van der Waals surface area contributed by atoms with E-state index in [0.717, 1.165) is 36.9 Å². The molecule has 0 amide bonds. The van der Waals surface area contributed by atoms with Gasteiger partial charge in [0.1, 0.15) is 5.75 Å². The number of methoxy groups -OCH3 is 1. The Bertz CT molecular complexity index is 550. The van der Waals surface area contributed by atoms with E-state index in [9.17, 15) is 0 Å². The highest BCUT2D eigenvalue weighted by atomic mass is 16.5. The number of rotatable bonds is 9. The lowest BCUT2D eigenvalue weighted by Gasteiger charge is -2.33. The molecule has 1 aromatic carbocycles. The Balaban J connectivity index is 1.76. The van der Waals surface area contributed by atoms with Crippen molar-refractivity contribution in [3.05, 3.63) is 24.3 Å². The van der Waals surface area contributed by atoms with Crippen LogP contribution < -0.4 is 15.4 Å². The number of anilines is 1. The predicted molar refractivity (Wildman–Crippen MR) is 108 cm³/mol. The van der Waals surface area contributed by atoms with Gasteiger partial charge in [-0.3, -0.25) is 9.89 Å². The molecule has 0 saturated carbocycles. The van der Waals surface area contributed by atoms with Crippen molar-refractivity contribution in [2.24, 2.45) is 4.99 Å². The molecule has 146 valence electrons. The topological polar surface area (TPSA) is 58.1 Å². The normalized spacial score (nSPS) is 18.6. The highest BCUT2D eigenvalue weighted by Gasteiger charge is 2.17. The molecule has 26 heavy (non-hydrogen) atoms. The van der Waals surface area contributed by atoms with E-state index in [0.29, 0.717) is 19.3 Å². The monoisotopic (exact) mass is 362 g/mol. The van der Waals surface area contributed by atoms with Gasteiger partial charge in [0, 0.05) is 58.1 Å². The van der Waals surface area contributed by atoms with Crippen molar-refractivity contribution in [1.82, 2.24) is 10.2 Å². The van der Waals surface area contributed by atoms with Crippen molar-refractivity contribution in [2.75, 3.05) is 52.3 Å². The molecule has 1 atom stereocenters. The smallest absolute Gasteiger partial charge is 0.195 e.